The number of aliphatic hydroxyl groups excluding tert-OH is 1. The second-order valence-corrected chi connectivity index (χ2v) is 6.89. The van der Waals surface area contributed by atoms with E-state index in [1.165, 1.54) is 10.4 Å². The van der Waals surface area contributed by atoms with E-state index in [0.717, 1.165) is 31.6 Å². The number of thiophene rings is 1. The van der Waals surface area contributed by atoms with E-state index in [4.69, 9.17) is 28.3 Å². The Labute approximate surface area is 139 Å². The van der Waals surface area contributed by atoms with Crippen molar-refractivity contribution in [2.75, 3.05) is 13.2 Å². The van der Waals surface area contributed by atoms with Crippen molar-refractivity contribution in [3.05, 3.63) is 55.7 Å². The van der Waals surface area contributed by atoms with E-state index in [1.54, 1.807) is 17.4 Å². The largest absolute Gasteiger partial charge is 0.396 e. The van der Waals surface area contributed by atoms with Gasteiger partial charge in [-0.2, -0.15) is 0 Å². The molecule has 2 rings (SSSR count). The molecule has 1 aromatic carbocycles. The molecule has 0 radical (unpaired) electrons. The summed E-state index contributed by atoms with van der Waals surface area (Å²) in [5, 5.41) is 12.5. The van der Waals surface area contributed by atoms with Crippen molar-refractivity contribution in [2.24, 2.45) is 0 Å². The lowest BCUT2D eigenvalue weighted by molar-refractivity contribution is 0.213. The Morgan fingerprint density at radius 3 is 2.62 bits per heavy atom. The highest BCUT2D eigenvalue weighted by atomic mass is 35.5. The molecular formula is C16H19Cl2NOS. The molecule has 0 amide bonds. The summed E-state index contributed by atoms with van der Waals surface area (Å²) in [6.45, 7) is 4.81. The van der Waals surface area contributed by atoms with Crippen LogP contribution in [0.15, 0.2) is 29.6 Å². The first-order valence-electron chi connectivity index (χ1n) is 6.90. The Morgan fingerprint density at radius 1 is 1.19 bits per heavy atom. The number of hydrogen-bond donors (Lipinski definition) is 1. The number of halogens is 2. The van der Waals surface area contributed by atoms with Crippen molar-refractivity contribution in [3.8, 4) is 0 Å². The Morgan fingerprint density at radius 2 is 2.00 bits per heavy atom. The summed E-state index contributed by atoms with van der Waals surface area (Å²) in [5.74, 6) is 0. The zero-order valence-electron chi connectivity index (χ0n) is 12.0. The summed E-state index contributed by atoms with van der Waals surface area (Å²) in [4.78, 5) is 3.67. The molecular weight excluding hydrogens is 325 g/mol. The number of hydrogen-bond acceptors (Lipinski definition) is 3. The molecule has 114 valence electrons. The van der Waals surface area contributed by atoms with Crippen LogP contribution in [0.1, 0.15) is 22.4 Å². The molecule has 2 aromatic rings. The fourth-order valence-corrected chi connectivity index (χ4v) is 3.58. The summed E-state index contributed by atoms with van der Waals surface area (Å²) in [6, 6.07) is 7.75. The predicted molar refractivity (Wildman–Crippen MR) is 91.3 cm³/mol. The molecule has 5 heteroatoms. The van der Waals surface area contributed by atoms with Crippen molar-refractivity contribution in [2.45, 2.75) is 26.4 Å². The SMILES string of the molecule is Cc1ccsc1CN(CCCO)Cc1ccc(Cl)cc1Cl. The van der Waals surface area contributed by atoms with E-state index in [9.17, 15) is 0 Å². The Balaban J connectivity index is 2.10. The third-order valence-corrected chi connectivity index (χ3v) is 4.97. The number of aryl methyl sites for hydroxylation is 1. The minimum atomic E-state index is 0.203. The van der Waals surface area contributed by atoms with Crippen molar-refractivity contribution < 1.29 is 5.11 Å². The van der Waals surface area contributed by atoms with Crippen LogP contribution in [0.3, 0.4) is 0 Å². The van der Waals surface area contributed by atoms with Gasteiger partial charge < -0.3 is 5.11 Å². The van der Waals surface area contributed by atoms with Gasteiger partial charge in [-0.05, 0) is 48.1 Å². The molecule has 2 nitrogen and oxygen atoms in total. The van der Waals surface area contributed by atoms with E-state index >= 15 is 0 Å². The first kappa shape index (κ1) is 16.8. The van der Waals surface area contributed by atoms with Crippen molar-refractivity contribution in [1.29, 1.82) is 0 Å². The molecule has 0 saturated heterocycles. The molecule has 21 heavy (non-hydrogen) atoms. The Bertz CT molecular complexity index is 585. The van der Waals surface area contributed by atoms with Crippen molar-refractivity contribution in [1.82, 2.24) is 4.90 Å². The van der Waals surface area contributed by atoms with Crippen LogP contribution in [0.2, 0.25) is 10.0 Å². The van der Waals surface area contributed by atoms with Gasteiger partial charge in [0, 0.05) is 41.2 Å². The van der Waals surface area contributed by atoms with Crippen molar-refractivity contribution >= 4 is 34.5 Å². The van der Waals surface area contributed by atoms with E-state index in [-0.39, 0.29) is 6.61 Å². The van der Waals surface area contributed by atoms with Gasteiger partial charge in [0.25, 0.3) is 0 Å². The van der Waals surface area contributed by atoms with Gasteiger partial charge in [-0.15, -0.1) is 11.3 Å². The highest BCUT2D eigenvalue weighted by Gasteiger charge is 2.11. The number of benzene rings is 1. The molecule has 0 bridgehead atoms. The van der Waals surface area contributed by atoms with E-state index in [0.29, 0.717) is 10.0 Å². The van der Waals surface area contributed by atoms with Gasteiger partial charge in [0.2, 0.25) is 0 Å². The average molecular weight is 344 g/mol. The van der Waals surface area contributed by atoms with Crippen molar-refractivity contribution in [3.63, 3.8) is 0 Å². The van der Waals surface area contributed by atoms with Crippen LogP contribution >= 0.6 is 34.5 Å². The fraction of sp³-hybridized carbons (Fsp3) is 0.375. The second kappa shape index (κ2) is 8.16. The highest BCUT2D eigenvalue weighted by Crippen LogP contribution is 2.24. The van der Waals surface area contributed by atoms with Crippen LogP contribution in [0.25, 0.3) is 0 Å². The molecule has 0 unspecified atom stereocenters. The zero-order valence-corrected chi connectivity index (χ0v) is 14.3. The van der Waals surface area contributed by atoms with Crippen LogP contribution in [0.4, 0.5) is 0 Å². The fourth-order valence-electron chi connectivity index (χ4n) is 2.17. The third-order valence-electron chi connectivity index (χ3n) is 3.38. The molecule has 0 aliphatic carbocycles. The van der Waals surface area contributed by atoms with E-state index in [1.807, 2.05) is 12.1 Å². The molecule has 1 N–H and O–H groups in total. The standard InChI is InChI=1S/C16H19Cl2NOS/c1-12-5-8-21-16(12)11-19(6-2-7-20)10-13-3-4-14(17)9-15(13)18/h3-5,8-9,20H,2,6-7,10-11H2,1H3. The molecule has 0 fully saturated rings. The molecule has 1 aromatic heterocycles. The highest BCUT2D eigenvalue weighted by molar-refractivity contribution is 7.10. The quantitative estimate of drug-likeness (QED) is 0.784. The molecule has 0 aliphatic rings. The monoisotopic (exact) mass is 343 g/mol. The molecule has 0 aliphatic heterocycles. The third kappa shape index (κ3) is 4.97. The number of aliphatic hydroxyl groups is 1. The molecule has 0 atom stereocenters. The maximum Gasteiger partial charge on any atom is 0.0465 e. The summed E-state index contributed by atoms with van der Waals surface area (Å²) in [5.41, 5.74) is 2.38. The minimum absolute atomic E-state index is 0.203. The van der Waals surface area contributed by atoms with Crippen LogP contribution in [-0.4, -0.2) is 23.2 Å². The van der Waals surface area contributed by atoms with Crippen LogP contribution < -0.4 is 0 Å². The lowest BCUT2D eigenvalue weighted by atomic mass is 10.2. The Kier molecular flexibility index (Phi) is 6.52. The van der Waals surface area contributed by atoms with Gasteiger partial charge in [-0.25, -0.2) is 0 Å². The van der Waals surface area contributed by atoms with Gasteiger partial charge in [0.1, 0.15) is 0 Å². The van der Waals surface area contributed by atoms with Crippen LogP contribution in [-0.2, 0) is 13.1 Å². The minimum Gasteiger partial charge on any atom is -0.396 e. The lowest BCUT2D eigenvalue weighted by Crippen LogP contribution is -2.24. The van der Waals surface area contributed by atoms with Gasteiger partial charge >= 0.3 is 0 Å². The zero-order chi connectivity index (χ0) is 15.2. The maximum absolute atomic E-state index is 9.09. The smallest absolute Gasteiger partial charge is 0.0465 e. The van der Waals surface area contributed by atoms with Crippen LogP contribution in [0.5, 0.6) is 0 Å². The summed E-state index contributed by atoms with van der Waals surface area (Å²) in [6.07, 6.45) is 0.760. The van der Waals surface area contributed by atoms with Gasteiger partial charge in [0.15, 0.2) is 0 Å². The maximum atomic E-state index is 9.09. The first-order valence-corrected chi connectivity index (χ1v) is 8.54. The average Bonchev–Trinajstić information content (AvgIpc) is 2.84. The second-order valence-electron chi connectivity index (χ2n) is 5.05. The summed E-state index contributed by atoms with van der Waals surface area (Å²) >= 11 is 14.0. The van der Waals surface area contributed by atoms with E-state index in [2.05, 4.69) is 23.3 Å². The predicted octanol–water partition coefficient (Wildman–Crippen LogP) is 4.75. The normalized spacial score (nSPS) is 11.3. The van der Waals surface area contributed by atoms with Gasteiger partial charge in [0.05, 0.1) is 0 Å². The molecule has 0 saturated carbocycles. The summed E-state index contributed by atoms with van der Waals surface area (Å²) < 4.78 is 0. The first-order chi connectivity index (χ1) is 10.1. The van der Waals surface area contributed by atoms with Gasteiger partial charge in [-0.3, -0.25) is 4.90 Å². The van der Waals surface area contributed by atoms with E-state index < -0.39 is 0 Å². The topological polar surface area (TPSA) is 23.5 Å². The summed E-state index contributed by atoms with van der Waals surface area (Å²) in [7, 11) is 0. The number of nitrogens with zero attached hydrogens (tertiary/aromatic N) is 1. The van der Waals surface area contributed by atoms with Crippen LogP contribution in [0, 0.1) is 6.92 Å². The Hall–Kier alpha value is -0.580. The van der Waals surface area contributed by atoms with Gasteiger partial charge in [-0.1, -0.05) is 29.3 Å². The number of rotatable bonds is 7. The lowest BCUT2D eigenvalue weighted by Gasteiger charge is -2.22. The molecule has 0 spiro atoms. The molecule has 1 heterocycles.